The molecule has 0 saturated carbocycles. The number of likely N-dealkylation sites (tertiary alicyclic amines) is 1. The highest BCUT2D eigenvalue weighted by Gasteiger charge is 2.23. The normalized spacial score (nSPS) is 24.6. The maximum absolute atomic E-state index is 9.72. The zero-order valence-corrected chi connectivity index (χ0v) is 12.4. The van der Waals surface area contributed by atoms with Crippen molar-refractivity contribution >= 4 is 0 Å². The first kappa shape index (κ1) is 13.9. The van der Waals surface area contributed by atoms with Gasteiger partial charge in [0.05, 0.1) is 0 Å². The quantitative estimate of drug-likeness (QED) is 0.886. The predicted molar refractivity (Wildman–Crippen MR) is 82.1 cm³/mol. The molecule has 1 aliphatic carbocycles. The van der Waals surface area contributed by atoms with Crippen LogP contribution >= 0.6 is 0 Å². The summed E-state index contributed by atoms with van der Waals surface area (Å²) in [7, 11) is 0. The highest BCUT2D eigenvalue weighted by molar-refractivity contribution is 5.38. The molecule has 110 valence electrons. The second-order valence-corrected chi connectivity index (χ2v) is 6.33. The zero-order chi connectivity index (χ0) is 13.9. The van der Waals surface area contributed by atoms with E-state index in [1.807, 2.05) is 12.1 Å². The van der Waals surface area contributed by atoms with E-state index in [9.17, 15) is 5.11 Å². The predicted octanol–water partition coefficient (Wildman–Crippen LogP) is 2.84. The molecule has 1 aromatic rings. The summed E-state index contributed by atoms with van der Waals surface area (Å²) in [6.07, 6.45) is 6.28. The lowest BCUT2D eigenvalue weighted by Gasteiger charge is -2.30. The Morgan fingerprint density at radius 2 is 2.10 bits per heavy atom. The van der Waals surface area contributed by atoms with Gasteiger partial charge < -0.3 is 10.4 Å². The molecule has 3 heteroatoms. The van der Waals surface area contributed by atoms with Crippen LogP contribution < -0.4 is 5.32 Å². The Morgan fingerprint density at radius 1 is 1.30 bits per heavy atom. The highest BCUT2D eigenvalue weighted by Crippen LogP contribution is 2.32. The van der Waals surface area contributed by atoms with Crippen molar-refractivity contribution in [3.8, 4) is 5.75 Å². The third-order valence-corrected chi connectivity index (χ3v) is 4.87. The first-order chi connectivity index (χ1) is 9.74. The molecule has 2 unspecified atom stereocenters. The summed E-state index contributed by atoms with van der Waals surface area (Å²) in [5, 5.41) is 13.4. The summed E-state index contributed by atoms with van der Waals surface area (Å²) >= 11 is 0. The van der Waals surface area contributed by atoms with Crippen LogP contribution in [0.3, 0.4) is 0 Å². The number of rotatable bonds is 4. The van der Waals surface area contributed by atoms with E-state index in [1.165, 1.54) is 49.9 Å². The first-order valence-corrected chi connectivity index (χ1v) is 8.03. The number of phenolic OH excluding ortho intramolecular Hbond substituents is 1. The SMILES string of the molecule is CC(CNC1CCCc2ccc(O)cc21)N1CCCC1. The van der Waals surface area contributed by atoms with Crippen LogP contribution in [-0.2, 0) is 6.42 Å². The number of benzene rings is 1. The summed E-state index contributed by atoms with van der Waals surface area (Å²) in [6.45, 7) is 5.88. The van der Waals surface area contributed by atoms with Crippen molar-refractivity contribution in [2.24, 2.45) is 0 Å². The lowest BCUT2D eigenvalue weighted by Crippen LogP contribution is -2.40. The van der Waals surface area contributed by atoms with Gasteiger partial charge in [0, 0.05) is 18.6 Å². The van der Waals surface area contributed by atoms with Gasteiger partial charge in [0.25, 0.3) is 0 Å². The Morgan fingerprint density at radius 3 is 2.90 bits per heavy atom. The standard InChI is InChI=1S/C17H26N2O/c1-13(19-9-2-3-10-19)12-18-17-6-4-5-14-7-8-15(20)11-16(14)17/h7-8,11,13,17-18,20H,2-6,9-10,12H2,1H3. The zero-order valence-electron chi connectivity index (χ0n) is 12.4. The molecule has 1 saturated heterocycles. The van der Waals surface area contributed by atoms with Crippen molar-refractivity contribution < 1.29 is 5.11 Å². The third-order valence-electron chi connectivity index (χ3n) is 4.87. The number of hydrogen-bond donors (Lipinski definition) is 2. The number of nitrogens with one attached hydrogen (secondary N) is 1. The molecule has 0 bridgehead atoms. The van der Waals surface area contributed by atoms with Crippen LogP contribution in [0.5, 0.6) is 5.75 Å². The van der Waals surface area contributed by atoms with Crippen LogP contribution in [0.25, 0.3) is 0 Å². The van der Waals surface area contributed by atoms with E-state index >= 15 is 0 Å². The van der Waals surface area contributed by atoms with E-state index in [4.69, 9.17) is 0 Å². The molecule has 3 rings (SSSR count). The average molecular weight is 274 g/mol. The van der Waals surface area contributed by atoms with Gasteiger partial charge in [-0.05, 0) is 75.4 Å². The van der Waals surface area contributed by atoms with E-state index in [1.54, 1.807) is 0 Å². The minimum atomic E-state index is 0.394. The Kier molecular flexibility index (Phi) is 4.27. The molecule has 1 aromatic carbocycles. The number of nitrogens with zero attached hydrogens (tertiary/aromatic N) is 1. The maximum Gasteiger partial charge on any atom is 0.115 e. The van der Waals surface area contributed by atoms with Crippen molar-refractivity contribution in [1.29, 1.82) is 0 Å². The Bertz CT molecular complexity index is 454. The van der Waals surface area contributed by atoms with E-state index < -0.39 is 0 Å². The van der Waals surface area contributed by atoms with Crippen molar-refractivity contribution in [3.05, 3.63) is 29.3 Å². The summed E-state index contributed by atoms with van der Waals surface area (Å²) in [5.41, 5.74) is 2.71. The first-order valence-electron chi connectivity index (χ1n) is 8.03. The molecule has 2 atom stereocenters. The number of fused-ring (bicyclic) bond motifs is 1. The molecule has 1 aliphatic heterocycles. The Balaban J connectivity index is 1.62. The van der Waals surface area contributed by atoms with Gasteiger partial charge in [0.15, 0.2) is 0 Å². The summed E-state index contributed by atoms with van der Waals surface area (Å²) in [4.78, 5) is 2.58. The van der Waals surface area contributed by atoms with Crippen LogP contribution in [0, 0.1) is 0 Å². The van der Waals surface area contributed by atoms with Gasteiger partial charge in [-0.1, -0.05) is 6.07 Å². The number of aromatic hydroxyl groups is 1. The monoisotopic (exact) mass is 274 g/mol. The fraction of sp³-hybridized carbons (Fsp3) is 0.647. The summed E-state index contributed by atoms with van der Waals surface area (Å²) in [5.74, 6) is 0.394. The molecule has 2 aliphatic rings. The molecule has 2 N–H and O–H groups in total. The van der Waals surface area contributed by atoms with Crippen molar-refractivity contribution in [2.45, 2.75) is 51.1 Å². The van der Waals surface area contributed by atoms with Gasteiger partial charge in [-0.3, -0.25) is 4.90 Å². The summed E-state index contributed by atoms with van der Waals surface area (Å²) in [6, 6.07) is 6.87. The van der Waals surface area contributed by atoms with Gasteiger partial charge in [-0.25, -0.2) is 0 Å². The van der Waals surface area contributed by atoms with Crippen LogP contribution in [0.1, 0.15) is 49.8 Å². The van der Waals surface area contributed by atoms with Gasteiger partial charge in [0.1, 0.15) is 5.75 Å². The van der Waals surface area contributed by atoms with Crippen LogP contribution in [0.15, 0.2) is 18.2 Å². The Hall–Kier alpha value is -1.06. The molecular weight excluding hydrogens is 248 g/mol. The summed E-state index contributed by atoms with van der Waals surface area (Å²) < 4.78 is 0. The molecule has 0 aromatic heterocycles. The second kappa shape index (κ2) is 6.15. The molecule has 20 heavy (non-hydrogen) atoms. The minimum Gasteiger partial charge on any atom is -0.508 e. The minimum absolute atomic E-state index is 0.394. The molecule has 0 spiro atoms. The van der Waals surface area contributed by atoms with Crippen LogP contribution in [0.2, 0.25) is 0 Å². The molecule has 3 nitrogen and oxygen atoms in total. The topological polar surface area (TPSA) is 35.5 Å². The fourth-order valence-electron chi connectivity index (χ4n) is 3.62. The van der Waals surface area contributed by atoms with E-state index in [0.29, 0.717) is 17.8 Å². The van der Waals surface area contributed by atoms with Crippen LogP contribution in [0.4, 0.5) is 0 Å². The second-order valence-electron chi connectivity index (χ2n) is 6.33. The maximum atomic E-state index is 9.72. The fourth-order valence-corrected chi connectivity index (χ4v) is 3.62. The van der Waals surface area contributed by atoms with Gasteiger partial charge in [-0.15, -0.1) is 0 Å². The van der Waals surface area contributed by atoms with Crippen molar-refractivity contribution in [3.63, 3.8) is 0 Å². The Labute approximate surface area is 122 Å². The van der Waals surface area contributed by atoms with Crippen LogP contribution in [-0.4, -0.2) is 35.7 Å². The lowest BCUT2D eigenvalue weighted by atomic mass is 9.87. The third kappa shape index (κ3) is 2.99. The number of hydrogen-bond acceptors (Lipinski definition) is 3. The van der Waals surface area contributed by atoms with Crippen molar-refractivity contribution in [2.75, 3.05) is 19.6 Å². The molecule has 1 heterocycles. The van der Waals surface area contributed by atoms with Gasteiger partial charge in [-0.2, -0.15) is 0 Å². The number of phenols is 1. The molecular formula is C17H26N2O. The lowest BCUT2D eigenvalue weighted by molar-refractivity contribution is 0.243. The average Bonchev–Trinajstić information content (AvgIpc) is 2.99. The van der Waals surface area contributed by atoms with E-state index in [-0.39, 0.29) is 0 Å². The smallest absolute Gasteiger partial charge is 0.115 e. The van der Waals surface area contributed by atoms with Gasteiger partial charge in [0.2, 0.25) is 0 Å². The van der Waals surface area contributed by atoms with Gasteiger partial charge >= 0.3 is 0 Å². The van der Waals surface area contributed by atoms with E-state index in [0.717, 1.165) is 13.0 Å². The number of aryl methyl sites for hydroxylation is 1. The van der Waals surface area contributed by atoms with Crippen molar-refractivity contribution in [1.82, 2.24) is 10.2 Å². The molecule has 0 radical (unpaired) electrons. The largest absolute Gasteiger partial charge is 0.508 e. The molecule has 0 amide bonds. The van der Waals surface area contributed by atoms with E-state index in [2.05, 4.69) is 23.2 Å². The molecule has 1 fully saturated rings. The highest BCUT2D eigenvalue weighted by atomic mass is 16.3.